The highest BCUT2D eigenvalue weighted by Gasteiger charge is 2.17. The topological polar surface area (TPSA) is 43.1 Å². The highest BCUT2D eigenvalue weighted by molar-refractivity contribution is 6.09. The van der Waals surface area contributed by atoms with E-state index in [-0.39, 0.29) is 11.3 Å². The molecule has 0 aliphatic carbocycles. The first-order valence-corrected chi connectivity index (χ1v) is 6.76. The van der Waals surface area contributed by atoms with E-state index in [0.29, 0.717) is 11.5 Å². The van der Waals surface area contributed by atoms with Crippen molar-refractivity contribution in [2.45, 2.75) is 20.3 Å². The van der Waals surface area contributed by atoms with Crippen LogP contribution in [0.15, 0.2) is 36.4 Å². The van der Waals surface area contributed by atoms with E-state index in [4.69, 9.17) is 5.73 Å². The predicted molar refractivity (Wildman–Crippen MR) is 79.2 cm³/mol. The van der Waals surface area contributed by atoms with Gasteiger partial charge in [0.2, 0.25) is 0 Å². The molecule has 2 rings (SSSR count). The lowest BCUT2D eigenvalue weighted by atomic mass is 9.98. The van der Waals surface area contributed by atoms with Crippen LogP contribution < -0.4 is 5.73 Å². The zero-order chi connectivity index (χ0) is 15.6. The molecular weight excluding hydrogens is 272 g/mol. The number of hydrogen-bond donors (Lipinski definition) is 1. The Morgan fingerprint density at radius 3 is 2.33 bits per heavy atom. The second kappa shape index (κ2) is 6.04. The molecule has 0 aliphatic heterocycles. The minimum Gasteiger partial charge on any atom is -0.396 e. The van der Waals surface area contributed by atoms with Crippen LogP contribution in [0.5, 0.6) is 0 Å². The summed E-state index contributed by atoms with van der Waals surface area (Å²) < 4.78 is 27.1. The maximum atomic E-state index is 13.9. The van der Waals surface area contributed by atoms with E-state index in [0.717, 1.165) is 24.1 Å². The van der Waals surface area contributed by atoms with Gasteiger partial charge in [0.25, 0.3) is 0 Å². The van der Waals surface area contributed by atoms with Crippen molar-refractivity contribution in [2.75, 3.05) is 5.73 Å². The summed E-state index contributed by atoms with van der Waals surface area (Å²) in [5, 5.41) is 0. The Morgan fingerprint density at radius 1 is 1.14 bits per heavy atom. The fourth-order valence-corrected chi connectivity index (χ4v) is 2.19. The number of hydrogen-bond acceptors (Lipinski definition) is 2. The first-order valence-electron chi connectivity index (χ1n) is 6.76. The van der Waals surface area contributed by atoms with Crippen molar-refractivity contribution in [3.63, 3.8) is 0 Å². The van der Waals surface area contributed by atoms with Crippen molar-refractivity contribution < 1.29 is 13.6 Å². The maximum Gasteiger partial charge on any atom is 0.196 e. The van der Waals surface area contributed by atoms with Crippen LogP contribution in [-0.2, 0) is 6.42 Å². The number of rotatable bonds is 4. The van der Waals surface area contributed by atoms with Gasteiger partial charge < -0.3 is 5.73 Å². The molecule has 0 spiro atoms. The number of carbonyl (C=O) groups excluding carboxylic acids is 1. The van der Waals surface area contributed by atoms with Crippen molar-refractivity contribution in [1.29, 1.82) is 0 Å². The zero-order valence-electron chi connectivity index (χ0n) is 12.0. The molecule has 0 saturated heterocycles. The summed E-state index contributed by atoms with van der Waals surface area (Å²) >= 11 is 0. The number of ketones is 1. The number of nitrogens with two attached hydrogens (primary N) is 1. The van der Waals surface area contributed by atoms with E-state index in [2.05, 4.69) is 13.8 Å². The molecule has 0 aromatic heterocycles. The second-order valence-electron chi connectivity index (χ2n) is 5.48. The Balaban J connectivity index is 2.32. The van der Waals surface area contributed by atoms with Crippen molar-refractivity contribution in [2.24, 2.45) is 5.92 Å². The minimum atomic E-state index is -0.882. The molecular formula is C17H17F2NO. The lowest BCUT2D eigenvalue weighted by Gasteiger charge is -2.08. The Kier molecular flexibility index (Phi) is 4.36. The summed E-state index contributed by atoms with van der Waals surface area (Å²) in [6, 6.07) is 8.64. The lowest BCUT2D eigenvalue weighted by Crippen LogP contribution is -2.08. The number of anilines is 1. The molecule has 0 amide bonds. The quantitative estimate of drug-likeness (QED) is 0.683. The molecule has 0 radical (unpaired) electrons. The third-order valence-electron chi connectivity index (χ3n) is 3.17. The number of benzene rings is 2. The van der Waals surface area contributed by atoms with Gasteiger partial charge in [-0.25, -0.2) is 8.78 Å². The van der Waals surface area contributed by atoms with Crippen molar-refractivity contribution in [3.05, 3.63) is 64.7 Å². The Hall–Kier alpha value is -2.23. The zero-order valence-corrected chi connectivity index (χ0v) is 12.0. The van der Waals surface area contributed by atoms with Gasteiger partial charge in [0.05, 0.1) is 11.3 Å². The molecule has 0 bridgehead atoms. The van der Waals surface area contributed by atoms with Gasteiger partial charge in [0.15, 0.2) is 11.6 Å². The molecule has 2 nitrogen and oxygen atoms in total. The Labute approximate surface area is 122 Å². The summed E-state index contributed by atoms with van der Waals surface area (Å²) in [4.78, 5) is 12.2. The molecule has 0 unspecified atom stereocenters. The van der Waals surface area contributed by atoms with E-state index in [1.807, 2.05) is 12.1 Å². The Bertz CT molecular complexity index is 663. The number of halogens is 2. The molecule has 0 saturated carbocycles. The van der Waals surface area contributed by atoms with Gasteiger partial charge in [-0.2, -0.15) is 0 Å². The number of nitrogen functional groups attached to an aromatic ring is 1. The molecule has 4 heteroatoms. The fraction of sp³-hybridized carbons (Fsp3) is 0.235. The SMILES string of the molecule is CC(C)Cc1ccc(C(=O)c2cc(F)cc(N)c2F)cc1. The molecule has 0 fully saturated rings. The highest BCUT2D eigenvalue weighted by atomic mass is 19.1. The van der Waals surface area contributed by atoms with Gasteiger partial charge in [0, 0.05) is 5.56 Å². The van der Waals surface area contributed by atoms with Crippen LogP contribution in [0.25, 0.3) is 0 Å². The van der Waals surface area contributed by atoms with Gasteiger partial charge in [-0.3, -0.25) is 4.79 Å². The lowest BCUT2D eigenvalue weighted by molar-refractivity contribution is 0.103. The summed E-state index contributed by atoms with van der Waals surface area (Å²) in [5.74, 6) is -1.68. The van der Waals surface area contributed by atoms with E-state index >= 15 is 0 Å². The molecule has 21 heavy (non-hydrogen) atoms. The molecule has 2 N–H and O–H groups in total. The van der Waals surface area contributed by atoms with Crippen LogP contribution in [0.4, 0.5) is 14.5 Å². The molecule has 0 heterocycles. The van der Waals surface area contributed by atoms with Crippen LogP contribution in [-0.4, -0.2) is 5.78 Å². The highest BCUT2D eigenvalue weighted by Crippen LogP contribution is 2.21. The maximum absolute atomic E-state index is 13.9. The van der Waals surface area contributed by atoms with Crippen LogP contribution in [0.2, 0.25) is 0 Å². The summed E-state index contributed by atoms with van der Waals surface area (Å²) in [6.07, 6.45) is 0.899. The average molecular weight is 289 g/mol. The number of carbonyl (C=O) groups is 1. The molecule has 110 valence electrons. The third kappa shape index (κ3) is 3.45. The van der Waals surface area contributed by atoms with E-state index in [1.54, 1.807) is 12.1 Å². The summed E-state index contributed by atoms with van der Waals surface area (Å²) in [5.41, 5.74) is 6.05. The van der Waals surface area contributed by atoms with Crippen LogP contribution >= 0.6 is 0 Å². The standard InChI is InChI=1S/C17H17F2NO/c1-10(2)7-11-3-5-12(6-4-11)17(21)14-8-13(18)9-15(20)16(14)19/h3-6,8-10H,7,20H2,1-2H3. The third-order valence-corrected chi connectivity index (χ3v) is 3.17. The van der Waals surface area contributed by atoms with Crippen LogP contribution in [0.1, 0.15) is 35.3 Å². The monoisotopic (exact) mass is 289 g/mol. The largest absolute Gasteiger partial charge is 0.396 e. The normalized spacial score (nSPS) is 10.9. The molecule has 2 aromatic rings. The average Bonchev–Trinajstić information content (AvgIpc) is 2.42. The smallest absolute Gasteiger partial charge is 0.196 e. The van der Waals surface area contributed by atoms with Crippen molar-refractivity contribution in [3.8, 4) is 0 Å². The fourth-order valence-electron chi connectivity index (χ4n) is 2.19. The van der Waals surface area contributed by atoms with Crippen molar-refractivity contribution in [1.82, 2.24) is 0 Å². The second-order valence-corrected chi connectivity index (χ2v) is 5.48. The van der Waals surface area contributed by atoms with E-state index in [9.17, 15) is 13.6 Å². The van der Waals surface area contributed by atoms with E-state index in [1.165, 1.54) is 0 Å². The van der Waals surface area contributed by atoms with Gasteiger partial charge in [-0.05, 0) is 30.0 Å². The molecule has 0 atom stereocenters. The first kappa shape index (κ1) is 15.2. The van der Waals surface area contributed by atoms with Crippen LogP contribution in [0.3, 0.4) is 0 Å². The van der Waals surface area contributed by atoms with Gasteiger partial charge >= 0.3 is 0 Å². The summed E-state index contributed by atoms with van der Waals surface area (Å²) in [7, 11) is 0. The Morgan fingerprint density at radius 2 is 1.76 bits per heavy atom. The first-order chi connectivity index (χ1) is 9.88. The van der Waals surface area contributed by atoms with E-state index < -0.39 is 17.4 Å². The van der Waals surface area contributed by atoms with Gasteiger partial charge in [-0.15, -0.1) is 0 Å². The van der Waals surface area contributed by atoms with Crippen LogP contribution in [0, 0.1) is 17.6 Å². The summed E-state index contributed by atoms with van der Waals surface area (Å²) in [6.45, 7) is 4.20. The van der Waals surface area contributed by atoms with Crippen molar-refractivity contribution >= 4 is 11.5 Å². The van der Waals surface area contributed by atoms with Gasteiger partial charge in [-0.1, -0.05) is 38.1 Å². The molecule has 2 aromatic carbocycles. The predicted octanol–water partition coefficient (Wildman–Crippen LogP) is 3.98. The molecule has 0 aliphatic rings. The van der Waals surface area contributed by atoms with Gasteiger partial charge in [0.1, 0.15) is 5.82 Å². The minimum absolute atomic E-state index is 0.311.